The lowest BCUT2D eigenvalue weighted by Crippen LogP contribution is -2.44. The lowest BCUT2D eigenvalue weighted by atomic mass is 10.1. The molecular weight excluding hydrogens is 316 g/mol. The minimum atomic E-state index is -0.0478. The van der Waals surface area contributed by atoms with Gasteiger partial charge in [-0.1, -0.05) is 0 Å². The minimum absolute atomic E-state index is 0.0478. The van der Waals surface area contributed by atoms with E-state index in [1.54, 1.807) is 6.20 Å². The van der Waals surface area contributed by atoms with E-state index in [-0.39, 0.29) is 5.91 Å². The second kappa shape index (κ2) is 7.23. The number of aromatic nitrogens is 3. The maximum Gasteiger partial charge on any atom is 0.228 e. The molecule has 1 aliphatic heterocycles. The number of aryl methyl sites for hydroxylation is 2. The molecule has 0 aliphatic carbocycles. The van der Waals surface area contributed by atoms with Gasteiger partial charge in [0.2, 0.25) is 5.91 Å². The summed E-state index contributed by atoms with van der Waals surface area (Å²) in [7, 11) is 4.03. The highest BCUT2D eigenvalue weighted by Gasteiger charge is 2.16. The highest BCUT2D eigenvalue weighted by atomic mass is 16.1. The van der Waals surface area contributed by atoms with E-state index in [1.807, 2.05) is 37.7 Å². The maximum absolute atomic E-state index is 12.3. The molecule has 1 aliphatic rings. The summed E-state index contributed by atoms with van der Waals surface area (Å²) in [4.78, 5) is 21.4. The van der Waals surface area contributed by atoms with Crippen molar-refractivity contribution in [1.82, 2.24) is 19.7 Å². The fourth-order valence-corrected chi connectivity index (χ4v) is 3.12. The maximum atomic E-state index is 12.3. The van der Waals surface area contributed by atoms with Crippen molar-refractivity contribution < 1.29 is 4.79 Å². The quantitative estimate of drug-likeness (QED) is 0.909. The third-order valence-corrected chi connectivity index (χ3v) is 4.86. The molecule has 25 heavy (non-hydrogen) atoms. The molecule has 2 aromatic heterocycles. The number of amides is 1. The number of hydrogen-bond acceptors (Lipinski definition) is 5. The number of rotatable bonds is 4. The fraction of sp³-hybridized carbons (Fsp3) is 0.500. The van der Waals surface area contributed by atoms with Gasteiger partial charge < -0.3 is 15.1 Å². The summed E-state index contributed by atoms with van der Waals surface area (Å²) in [6.45, 7) is 7.97. The first-order chi connectivity index (χ1) is 11.9. The second-order valence-corrected chi connectivity index (χ2v) is 6.69. The Hall–Kier alpha value is -2.41. The molecule has 3 heterocycles. The number of pyridine rings is 1. The predicted molar refractivity (Wildman–Crippen MR) is 99.0 cm³/mol. The lowest BCUT2D eigenvalue weighted by molar-refractivity contribution is -0.115. The molecule has 0 atom stereocenters. The molecule has 0 bridgehead atoms. The molecule has 0 aromatic carbocycles. The highest BCUT2D eigenvalue weighted by molar-refractivity contribution is 5.92. The van der Waals surface area contributed by atoms with Gasteiger partial charge in [0.1, 0.15) is 5.82 Å². The average Bonchev–Trinajstić information content (AvgIpc) is 2.83. The molecule has 0 unspecified atom stereocenters. The van der Waals surface area contributed by atoms with Crippen LogP contribution >= 0.6 is 0 Å². The smallest absolute Gasteiger partial charge is 0.228 e. The van der Waals surface area contributed by atoms with Gasteiger partial charge in [-0.2, -0.15) is 5.10 Å². The summed E-state index contributed by atoms with van der Waals surface area (Å²) in [6, 6.07) is 3.89. The van der Waals surface area contributed by atoms with Gasteiger partial charge in [-0.15, -0.1) is 0 Å². The molecular formula is C18H26N6O. The highest BCUT2D eigenvalue weighted by Crippen LogP contribution is 2.17. The van der Waals surface area contributed by atoms with Crippen molar-refractivity contribution in [1.29, 1.82) is 0 Å². The van der Waals surface area contributed by atoms with E-state index in [0.717, 1.165) is 54.6 Å². The minimum Gasteiger partial charge on any atom is -0.354 e. The molecule has 1 N–H and O–H groups in total. The number of piperazine rings is 1. The van der Waals surface area contributed by atoms with Crippen LogP contribution in [0.1, 0.15) is 17.0 Å². The SMILES string of the molecule is Cc1nn(C)c(C)c1CC(=O)Nc1ccc(N2CCN(C)CC2)nc1. The van der Waals surface area contributed by atoms with E-state index in [9.17, 15) is 4.79 Å². The van der Waals surface area contributed by atoms with Crippen molar-refractivity contribution in [2.45, 2.75) is 20.3 Å². The Labute approximate surface area is 148 Å². The summed E-state index contributed by atoms with van der Waals surface area (Å²) in [5.41, 5.74) is 3.64. The van der Waals surface area contributed by atoms with Crippen LogP contribution in [0.3, 0.4) is 0 Å². The van der Waals surface area contributed by atoms with Crippen LogP contribution in [0.25, 0.3) is 0 Å². The van der Waals surface area contributed by atoms with Gasteiger partial charge in [0.25, 0.3) is 0 Å². The zero-order chi connectivity index (χ0) is 18.0. The van der Waals surface area contributed by atoms with E-state index in [2.05, 4.69) is 32.2 Å². The van der Waals surface area contributed by atoms with Crippen molar-refractivity contribution in [3.05, 3.63) is 35.3 Å². The van der Waals surface area contributed by atoms with Crippen LogP contribution in [0.4, 0.5) is 11.5 Å². The number of carbonyl (C=O) groups excluding carboxylic acids is 1. The molecule has 3 rings (SSSR count). The third kappa shape index (κ3) is 3.99. The number of carbonyl (C=O) groups is 1. The van der Waals surface area contributed by atoms with Gasteiger partial charge in [-0.3, -0.25) is 9.48 Å². The number of nitrogens with one attached hydrogen (secondary N) is 1. The Morgan fingerprint density at radius 3 is 2.44 bits per heavy atom. The summed E-state index contributed by atoms with van der Waals surface area (Å²) in [5, 5.41) is 7.28. The van der Waals surface area contributed by atoms with Crippen molar-refractivity contribution in [2.24, 2.45) is 7.05 Å². The molecule has 1 amide bonds. The van der Waals surface area contributed by atoms with Crippen LogP contribution in [-0.4, -0.2) is 58.8 Å². The molecule has 2 aromatic rings. The largest absolute Gasteiger partial charge is 0.354 e. The number of likely N-dealkylation sites (N-methyl/N-ethyl adjacent to an activating group) is 1. The van der Waals surface area contributed by atoms with Crippen LogP contribution in [0, 0.1) is 13.8 Å². The van der Waals surface area contributed by atoms with E-state index in [1.165, 1.54) is 0 Å². The van der Waals surface area contributed by atoms with Crippen LogP contribution in [0.15, 0.2) is 18.3 Å². The Morgan fingerprint density at radius 1 is 1.16 bits per heavy atom. The molecule has 0 spiro atoms. The second-order valence-electron chi connectivity index (χ2n) is 6.69. The van der Waals surface area contributed by atoms with Gasteiger partial charge in [0.15, 0.2) is 0 Å². The van der Waals surface area contributed by atoms with E-state index in [4.69, 9.17) is 0 Å². The summed E-state index contributed by atoms with van der Waals surface area (Å²) < 4.78 is 1.81. The first kappa shape index (κ1) is 17.4. The van der Waals surface area contributed by atoms with Gasteiger partial charge in [0.05, 0.1) is 24.0 Å². The topological polar surface area (TPSA) is 66.3 Å². The van der Waals surface area contributed by atoms with Crippen LogP contribution in [0.2, 0.25) is 0 Å². The van der Waals surface area contributed by atoms with Gasteiger partial charge >= 0.3 is 0 Å². The van der Waals surface area contributed by atoms with E-state index >= 15 is 0 Å². The zero-order valence-electron chi connectivity index (χ0n) is 15.4. The van der Waals surface area contributed by atoms with Gasteiger partial charge in [-0.05, 0) is 33.0 Å². The molecule has 0 saturated carbocycles. The fourth-order valence-electron chi connectivity index (χ4n) is 3.12. The molecule has 1 saturated heterocycles. The summed E-state index contributed by atoms with van der Waals surface area (Å²) >= 11 is 0. The lowest BCUT2D eigenvalue weighted by Gasteiger charge is -2.33. The molecule has 7 nitrogen and oxygen atoms in total. The number of anilines is 2. The number of hydrogen-bond donors (Lipinski definition) is 1. The molecule has 0 radical (unpaired) electrons. The molecule has 1 fully saturated rings. The van der Waals surface area contributed by atoms with Crippen LogP contribution in [0.5, 0.6) is 0 Å². The van der Waals surface area contributed by atoms with Crippen LogP contribution in [-0.2, 0) is 18.3 Å². The standard InChI is InChI=1S/C18H26N6O/c1-13-16(14(2)23(4)21-13)11-18(25)20-15-5-6-17(19-12-15)24-9-7-22(3)8-10-24/h5-6,12H,7-11H2,1-4H3,(H,20,25). The Bertz CT molecular complexity index is 744. The first-order valence-electron chi connectivity index (χ1n) is 8.62. The molecule has 134 valence electrons. The van der Waals surface area contributed by atoms with Crippen LogP contribution < -0.4 is 10.2 Å². The summed E-state index contributed by atoms with van der Waals surface area (Å²) in [5.74, 6) is 0.915. The van der Waals surface area contributed by atoms with Crippen molar-refractivity contribution in [2.75, 3.05) is 43.4 Å². The Balaban J connectivity index is 1.60. The monoisotopic (exact) mass is 342 g/mol. The first-order valence-corrected chi connectivity index (χ1v) is 8.62. The van der Waals surface area contributed by atoms with E-state index in [0.29, 0.717) is 6.42 Å². The van der Waals surface area contributed by atoms with Gasteiger partial charge in [-0.25, -0.2) is 4.98 Å². The Morgan fingerprint density at radius 2 is 1.88 bits per heavy atom. The zero-order valence-corrected chi connectivity index (χ0v) is 15.4. The third-order valence-electron chi connectivity index (χ3n) is 4.86. The normalized spacial score (nSPS) is 15.4. The number of nitrogens with zero attached hydrogens (tertiary/aromatic N) is 5. The van der Waals surface area contributed by atoms with Crippen molar-refractivity contribution in [3.63, 3.8) is 0 Å². The molecule has 7 heteroatoms. The summed E-state index contributed by atoms with van der Waals surface area (Å²) in [6.07, 6.45) is 2.06. The van der Waals surface area contributed by atoms with Crippen molar-refractivity contribution in [3.8, 4) is 0 Å². The van der Waals surface area contributed by atoms with Crippen molar-refractivity contribution >= 4 is 17.4 Å². The van der Waals surface area contributed by atoms with E-state index < -0.39 is 0 Å². The van der Waals surface area contributed by atoms with Gasteiger partial charge in [0, 0.05) is 44.5 Å². The average molecular weight is 342 g/mol. The Kier molecular flexibility index (Phi) is 5.03. The predicted octanol–water partition coefficient (Wildman–Crippen LogP) is 1.36.